The molecule has 0 atom stereocenters. The smallest absolute Gasteiger partial charge is 0.317 e. The number of para-hydroxylation sites is 1. The Morgan fingerprint density at radius 2 is 1.70 bits per heavy atom. The zero-order valence-electron chi connectivity index (χ0n) is 16.0. The summed E-state index contributed by atoms with van der Waals surface area (Å²) in [6.45, 7) is 2.29. The average molecular weight is 373 g/mol. The van der Waals surface area contributed by atoms with E-state index in [4.69, 9.17) is 4.74 Å². The molecule has 6 heteroatoms. The van der Waals surface area contributed by atoms with E-state index in [0.717, 1.165) is 31.4 Å². The van der Waals surface area contributed by atoms with Crippen molar-refractivity contribution in [3.63, 3.8) is 0 Å². The number of benzene rings is 1. The van der Waals surface area contributed by atoms with Crippen LogP contribution in [0, 0.1) is 5.92 Å². The first-order valence-electron chi connectivity index (χ1n) is 10.2. The van der Waals surface area contributed by atoms with Crippen LogP contribution in [-0.2, 0) is 4.79 Å². The second-order valence-corrected chi connectivity index (χ2v) is 7.50. The van der Waals surface area contributed by atoms with Crippen LogP contribution in [0.3, 0.4) is 0 Å². The van der Waals surface area contributed by atoms with Crippen LogP contribution in [0.1, 0.15) is 44.9 Å². The second kappa shape index (κ2) is 10.2. The Morgan fingerprint density at radius 3 is 2.41 bits per heavy atom. The van der Waals surface area contributed by atoms with E-state index < -0.39 is 0 Å². The number of hydrogen-bond acceptors (Lipinski definition) is 3. The number of piperidine rings is 1. The van der Waals surface area contributed by atoms with E-state index >= 15 is 0 Å². The van der Waals surface area contributed by atoms with Crippen LogP contribution < -0.4 is 15.4 Å². The van der Waals surface area contributed by atoms with Crippen molar-refractivity contribution in [3.05, 3.63) is 30.3 Å². The van der Waals surface area contributed by atoms with Crippen LogP contribution in [0.15, 0.2) is 30.3 Å². The van der Waals surface area contributed by atoms with E-state index in [2.05, 4.69) is 10.6 Å². The quantitative estimate of drug-likeness (QED) is 0.753. The Bertz CT molecular complexity index is 594. The molecule has 2 aliphatic rings. The molecule has 1 aliphatic heterocycles. The van der Waals surface area contributed by atoms with Gasteiger partial charge in [0.2, 0.25) is 5.91 Å². The van der Waals surface area contributed by atoms with E-state index in [9.17, 15) is 9.59 Å². The van der Waals surface area contributed by atoms with Crippen molar-refractivity contribution < 1.29 is 14.3 Å². The third-order valence-corrected chi connectivity index (χ3v) is 5.49. The molecule has 0 bridgehead atoms. The topological polar surface area (TPSA) is 70.7 Å². The largest absolute Gasteiger partial charge is 0.492 e. The standard InChI is InChI=1S/C21H31N3O3/c25-20(17-7-3-1-4-8-17)23-18-11-14-24(15-12-18)21(26)22-13-16-27-19-9-5-2-6-10-19/h2,5-6,9-10,17-18H,1,3-4,7-8,11-16H2,(H,22,26)(H,23,25). The monoisotopic (exact) mass is 373 g/mol. The zero-order valence-corrected chi connectivity index (χ0v) is 16.0. The number of ether oxygens (including phenoxy) is 1. The lowest BCUT2D eigenvalue weighted by Gasteiger charge is -2.33. The molecule has 1 aromatic carbocycles. The molecule has 0 unspecified atom stereocenters. The minimum Gasteiger partial charge on any atom is -0.492 e. The highest BCUT2D eigenvalue weighted by Crippen LogP contribution is 2.24. The van der Waals surface area contributed by atoms with E-state index in [1.165, 1.54) is 19.3 Å². The summed E-state index contributed by atoms with van der Waals surface area (Å²) >= 11 is 0. The van der Waals surface area contributed by atoms with Crippen molar-refractivity contribution in [3.8, 4) is 5.75 Å². The molecule has 3 rings (SSSR count). The Morgan fingerprint density at radius 1 is 1.00 bits per heavy atom. The summed E-state index contributed by atoms with van der Waals surface area (Å²) in [6, 6.07) is 9.72. The summed E-state index contributed by atoms with van der Waals surface area (Å²) in [5, 5.41) is 6.11. The van der Waals surface area contributed by atoms with E-state index in [1.807, 2.05) is 35.2 Å². The van der Waals surface area contributed by atoms with Crippen molar-refractivity contribution in [1.82, 2.24) is 15.5 Å². The van der Waals surface area contributed by atoms with Gasteiger partial charge in [0.05, 0.1) is 6.54 Å². The number of likely N-dealkylation sites (tertiary alicyclic amines) is 1. The van der Waals surface area contributed by atoms with Crippen molar-refractivity contribution >= 4 is 11.9 Å². The molecule has 27 heavy (non-hydrogen) atoms. The molecular formula is C21H31N3O3. The van der Waals surface area contributed by atoms with Crippen molar-refractivity contribution in [2.45, 2.75) is 51.0 Å². The predicted octanol–water partition coefficient (Wildman–Crippen LogP) is 2.94. The molecule has 6 nitrogen and oxygen atoms in total. The third kappa shape index (κ3) is 6.15. The minimum atomic E-state index is -0.0521. The van der Waals surface area contributed by atoms with Gasteiger partial charge in [-0.15, -0.1) is 0 Å². The van der Waals surface area contributed by atoms with Crippen LogP contribution in [0.5, 0.6) is 5.75 Å². The summed E-state index contributed by atoms with van der Waals surface area (Å²) < 4.78 is 5.58. The van der Waals surface area contributed by atoms with Gasteiger partial charge < -0.3 is 20.3 Å². The van der Waals surface area contributed by atoms with Gasteiger partial charge in [-0.25, -0.2) is 4.79 Å². The fourth-order valence-electron chi connectivity index (χ4n) is 3.87. The van der Waals surface area contributed by atoms with E-state index in [1.54, 1.807) is 0 Å². The van der Waals surface area contributed by atoms with Gasteiger partial charge in [-0.05, 0) is 37.8 Å². The van der Waals surface area contributed by atoms with Crippen molar-refractivity contribution in [2.24, 2.45) is 5.92 Å². The fraction of sp³-hybridized carbons (Fsp3) is 0.619. The molecule has 0 spiro atoms. The number of hydrogen-bond donors (Lipinski definition) is 2. The summed E-state index contributed by atoms with van der Waals surface area (Å²) in [6.07, 6.45) is 7.30. The molecule has 2 fully saturated rings. The molecule has 1 aliphatic carbocycles. The number of amides is 3. The molecule has 1 heterocycles. The number of nitrogens with zero attached hydrogens (tertiary/aromatic N) is 1. The van der Waals surface area contributed by atoms with Gasteiger partial charge in [0.15, 0.2) is 0 Å². The lowest BCUT2D eigenvalue weighted by Crippen LogP contribution is -2.50. The first-order valence-corrected chi connectivity index (χ1v) is 10.2. The van der Waals surface area contributed by atoms with Crippen LogP contribution in [0.2, 0.25) is 0 Å². The van der Waals surface area contributed by atoms with Gasteiger partial charge in [-0.3, -0.25) is 4.79 Å². The maximum Gasteiger partial charge on any atom is 0.317 e. The molecule has 0 aromatic heterocycles. The molecule has 2 N–H and O–H groups in total. The van der Waals surface area contributed by atoms with Gasteiger partial charge in [-0.2, -0.15) is 0 Å². The van der Waals surface area contributed by atoms with E-state index in [-0.39, 0.29) is 23.9 Å². The summed E-state index contributed by atoms with van der Waals surface area (Å²) in [4.78, 5) is 26.4. The van der Waals surface area contributed by atoms with Crippen molar-refractivity contribution in [1.29, 1.82) is 0 Å². The zero-order chi connectivity index (χ0) is 18.9. The van der Waals surface area contributed by atoms with E-state index in [0.29, 0.717) is 26.2 Å². The lowest BCUT2D eigenvalue weighted by atomic mass is 9.88. The highest BCUT2D eigenvalue weighted by Gasteiger charge is 2.27. The lowest BCUT2D eigenvalue weighted by molar-refractivity contribution is -0.126. The molecule has 148 valence electrons. The normalized spacial score (nSPS) is 18.7. The number of carbonyl (C=O) groups is 2. The molecule has 1 saturated heterocycles. The first-order chi connectivity index (χ1) is 13.2. The van der Waals surface area contributed by atoms with Crippen LogP contribution >= 0.6 is 0 Å². The highest BCUT2D eigenvalue weighted by atomic mass is 16.5. The third-order valence-electron chi connectivity index (χ3n) is 5.49. The summed E-state index contributed by atoms with van der Waals surface area (Å²) in [7, 11) is 0. The number of rotatable bonds is 6. The SMILES string of the molecule is O=C(NC1CCN(C(=O)NCCOc2ccccc2)CC1)C1CCCCC1. The average Bonchev–Trinajstić information content (AvgIpc) is 2.73. The van der Waals surface area contributed by atoms with Gasteiger partial charge in [-0.1, -0.05) is 37.5 Å². The van der Waals surface area contributed by atoms with Gasteiger partial charge in [0.25, 0.3) is 0 Å². The van der Waals surface area contributed by atoms with Crippen molar-refractivity contribution in [2.75, 3.05) is 26.2 Å². The van der Waals surface area contributed by atoms with Gasteiger partial charge >= 0.3 is 6.03 Å². The Kier molecular flexibility index (Phi) is 7.36. The molecular weight excluding hydrogens is 342 g/mol. The maximum atomic E-state index is 12.4. The first kappa shape index (κ1) is 19.5. The molecule has 3 amide bonds. The second-order valence-electron chi connectivity index (χ2n) is 7.50. The Labute approximate surface area is 161 Å². The maximum absolute atomic E-state index is 12.4. The minimum absolute atomic E-state index is 0.0521. The molecule has 0 radical (unpaired) electrons. The predicted molar refractivity (Wildman–Crippen MR) is 105 cm³/mol. The Hall–Kier alpha value is -2.24. The number of carbonyl (C=O) groups excluding carboxylic acids is 2. The Balaban J connectivity index is 1.30. The molecule has 1 aromatic rings. The van der Waals surface area contributed by atoms with Gasteiger partial charge in [0.1, 0.15) is 12.4 Å². The molecule has 1 saturated carbocycles. The fourth-order valence-corrected chi connectivity index (χ4v) is 3.87. The van der Waals surface area contributed by atoms with Gasteiger partial charge in [0, 0.05) is 25.0 Å². The summed E-state index contributed by atoms with van der Waals surface area (Å²) in [5.41, 5.74) is 0. The number of urea groups is 1. The van der Waals surface area contributed by atoms with Crippen LogP contribution in [0.25, 0.3) is 0 Å². The van der Waals surface area contributed by atoms with Crippen LogP contribution in [-0.4, -0.2) is 49.1 Å². The number of nitrogens with one attached hydrogen (secondary N) is 2. The summed E-state index contributed by atoms with van der Waals surface area (Å²) in [5.74, 6) is 1.22. The highest BCUT2D eigenvalue weighted by molar-refractivity contribution is 5.79. The van der Waals surface area contributed by atoms with Crippen LogP contribution in [0.4, 0.5) is 4.79 Å².